The van der Waals surface area contributed by atoms with Gasteiger partial charge in [0, 0.05) is 23.8 Å². The van der Waals surface area contributed by atoms with Crippen LogP contribution in [0.1, 0.15) is 23.6 Å². The molecule has 1 fully saturated rings. The maximum absolute atomic E-state index is 8.83. The van der Waals surface area contributed by atoms with Gasteiger partial charge in [-0.1, -0.05) is 23.7 Å². The minimum absolute atomic E-state index is 0.284. The fraction of sp³-hybridized carbons (Fsp3) is 0.294. The Hall–Kier alpha value is -2.09. The third kappa shape index (κ3) is 3.06. The van der Waals surface area contributed by atoms with Crippen molar-refractivity contribution >= 4 is 17.4 Å². The first-order chi connectivity index (χ1) is 10.7. The molecule has 1 aromatic heterocycles. The molecule has 1 aliphatic heterocycles. The Kier molecular flexibility index (Phi) is 4.28. The second-order valence-corrected chi connectivity index (χ2v) is 6.00. The van der Waals surface area contributed by atoms with E-state index in [2.05, 4.69) is 40.5 Å². The number of likely N-dealkylation sites (N-methyl/N-ethyl adjacent to an activating group) is 1. The molecule has 1 aromatic carbocycles. The molecule has 2 aromatic rings. The van der Waals surface area contributed by atoms with Gasteiger partial charge >= 0.3 is 0 Å². The molecule has 1 aliphatic rings. The molecule has 4 nitrogen and oxygen atoms in total. The van der Waals surface area contributed by atoms with Gasteiger partial charge in [0.15, 0.2) is 0 Å². The lowest BCUT2D eigenvalue weighted by Gasteiger charge is -2.26. The van der Waals surface area contributed by atoms with E-state index in [-0.39, 0.29) is 12.1 Å². The second kappa shape index (κ2) is 6.35. The molecule has 3 rings (SSSR count). The predicted molar refractivity (Wildman–Crippen MR) is 87.8 cm³/mol. The van der Waals surface area contributed by atoms with Gasteiger partial charge in [-0.15, -0.1) is 0 Å². The van der Waals surface area contributed by atoms with Gasteiger partial charge in [-0.2, -0.15) is 5.26 Å². The topological polar surface area (TPSA) is 52.0 Å². The highest BCUT2D eigenvalue weighted by atomic mass is 35.5. The number of nitrogens with one attached hydrogen (secondary N) is 1. The molecule has 2 heterocycles. The van der Waals surface area contributed by atoms with Gasteiger partial charge < -0.3 is 5.32 Å². The van der Waals surface area contributed by atoms with Crippen LogP contribution in [0.2, 0.25) is 5.02 Å². The van der Waals surface area contributed by atoms with Crippen LogP contribution in [-0.4, -0.2) is 29.5 Å². The highest BCUT2D eigenvalue weighted by Crippen LogP contribution is 2.33. The highest BCUT2D eigenvalue weighted by Gasteiger charge is 2.33. The summed E-state index contributed by atoms with van der Waals surface area (Å²) < 4.78 is 0. The van der Waals surface area contributed by atoms with E-state index in [1.165, 1.54) is 5.56 Å². The van der Waals surface area contributed by atoms with E-state index < -0.39 is 0 Å². The van der Waals surface area contributed by atoms with Crippen molar-refractivity contribution in [1.29, 1.82) is 5.26 Å². The summed E-state index contributed by atoms with van der Waals surface area (Å²) in [4.78, 5) is 6.64. The predicted octanol–water partition coefficient (Wildman–Crippen LogP) is 3.46. The van der Waals surface area contributed by atoms with E-state index in [0.29, 0.717) is 5.56 Å². The maximum Gasteiger partial charge on any atom is 0.126 e. The van der Waals surface area contributed by atoms with Crippen LogP contribution in [0.25, 0.3) is 0 Å². The molecule has 22 heavy (non-hydrogen) atoms. The third-order valence-electron chi connectivity index (χ3n) is 4.09. The lowest BCUT2D eigenvalue weighted by molar-refractivity contribution is 0.309. The van der Waals surface area contributed by atoms with Crippen molar-refractivity contribution in [2.75, 3.05) is 18.9 Å². The number of anilines is 1. The van der Waals surface area contributed by atoms with Crippen molar-refractivity contribution in [2.24, 2.45) is 0 Å². The van der Waals surface area contributed by atoms with Gasteiger partial charge in [0.1, 0.15) is 11.9 Å². The molecule has 0 saturated carbocycles. The molecule has 2 atom stereocenters. The first-order valence-corrected chi connectivity index (χ1v) is 7.63. The average molecular weight is 313 g/mol. The number of benzene rings is 1. The Labute approximate surface area is 135 Å². The summed E-state index contributed by atoms with van der Waals surface area (Å²) in [6.07, 6.45) is 2.64. The monoisotopic (exact) mass is 312 g/mol. The molecule has 0 spiro atoms. The van der Waals surface area contributed by atoms with Gasteiger partial charge in [0.05, 0.1) is 11.6 Å². The van der Waals surface area contributed by atoms with E-state index in [1.807, 2.05) is 18.2 Å². The number of hydrogen-bond acceptors (Lipinski definition) is 4. The summed E-state index contributed by atoms with van der Waals surface area (Å²) in [6.45, 7) is 1.03. The number of rotatable bonds is 3. The van der Waals surface area contributed by atoms with Crippen LogP contribution in [0, 0.1) is 11.3 Å². The highest BCUT2D eigenvalue weighted by molar-refractivity contribution is 6.30. The standard InChI is InChI=1S/C17H17ClN4/c1-22-9-8-15(17(22)13-3-5-14(18)6-4-13)21-16-7-2-12(10-19)11-20-16/h2-7,11,15,17H,8-9H2,1H3,(H,20,21). The summed E-state index contributed by atoms with van der Waals surface area (Å²) in [5.41, 5.74) is 1.82. The van der Waals surface area contributed by atoms with Crippen molar-refractivity contribution in [1.82, 2.24) is 9.88 Å². The van der Waals surface area contributed by atoms with Crippen molar-refractivity contribution in [2.45, 2.75) is 18.5 Å². The van der Waals surface area contributed by atoms with Crippen molar-refractivity contribution in [3.8, 4) is 6.07 Å². The summed E-state index contributed by atoms with van der Waals surface area (Å²) in [5.74, 6) is 0.804. The quantitative estimate of drug-likeness (QED) is 0.943. The van der Waals surface area contributed by atoms with Crippen LogP contribution in [0.15, 0.2) is 42.6 Å². The number of pyridine rings is 1. The number of aromatic nitrogens is 1. The van der Waals surface area contributed by atoms with E-state index in [4.69, 9.17) is 16.9 Å². The van der Waals surface area contributed by atoms with Gasteiger partial charge in [-0.3, -0.25) is 4.90 Å². The van der Waals surface area contributed by atoms with Crippen LogP contribution >= 0.6 is 11.6 Å². The summed E-state index contributed by atoms with van der Waals surface area (Å²) in [6, 6.07) is 14.3. The molecule has 1 saturated heterocycles. The first kappa shape index (κ1) is 14.8. The van der Waals surface area contributed by atoms with Crippen molar-refractivity contribution in [3.63, 3.8) is 0 Å². The Morgan fingerprint density at radius 3 is 2.68 bits per heavy atom. The van der Waals surface area contributed by atoms with Gasteiger partial charge in [0.25, 0.3) is 0 Å². The van der Waals surface area contributed by atoms with Crippen LogP contribution in [0.4, 0.5) is 5.82 Å². The zero-order chi connectivity index (χ0) is 15.5. The molecule has 5 heteroatoms. The largest absolute Gasteiger partial charge is 0.365 e. The van der Waals surface area contributed by atoms with E-state index in [9.17, 15) is 0 Å². The Morgan fingerprint density at radius 2 is 2.05 bits per heavy atom. The molecule has 2 unspecified atom stereocenters. The lowest BCUT2D eigenvalue weighted by Crippen LogP contribution is -2.29. The molecule has 0 amide bonds. The Bertz CT molecular complexity index is 675. The number of hydrogen-bond donors (Lipinski definition) is 1. The van der Waals surface area contributed by atoms with E-state index >= 15 is 0 Å². The van der Waals surface area contributed by atoms with Crippen LogP contribution < -0.4 is 5.32 Å². The fourth-order valence-electron chi connectivity index (χ4n) is 2.98. The van der Waals surface area contributed by atoms with Crippen molar-refractivity contribution < 1.29 is 0 Å². The zero-order valence-electron chi connectivity index (χ0n) is 12.3. The van der Waals surface area contributed by atoms with E-state index in [0.717, 1.165) is 23.8 Å². The number of halogens is 1. The summed E-state index contributed by atoms with van der Waals surface area (Å²) >= 11 is 5.98. The van der Waals surface area contributed by atoms with Gasteiger partial charge in [0.2, 0.25) is 0 Å². The maximum atomic E-state index is 8.83. The van der Waals surface area contributed by atoms with Crippen LogP contribution in [0.5, 0.6) is 0 Å². The second-order valence-electron chi connectivity index (χ2n) is 5.56. The lowest BCUT2D eigenvalue weighted by atomic mass is 10.0. The summed E-state index contributed by atoms with van der Waals surface area (Å²) in [5, 5.41) is 13.1. The number of nitriles is 1. The normalized spacial score (nSPS) is 21.5. The smallest absolute Gasteiger partial charge is 0.126 e. The average Bonchev–Trinajstić information content (AvgIpc) is 2.90. The molecule has 0 bridgehead atoms. The molecular weight excluding hydrogens is 296 g/mol. The number of likely N-dealkylation sites (tertiary alicyclic amines) is 1. The minimum Gasteiger partial charge on any atom is -0.365 e. The minimum atomic E-state index is 0.284. The zero-order valence-corrected chi connectivity index (χ0v) is 13.1. The van der Waals surface area contributed by atoms with E-state index in [1.54, 1.807) is 12.3 Å². The fourth-order valence-corrected chi connectivity index (χ4v) is 3.11. The van der Waals surface area contributed by atoms with Gasteiger partial charge in [-0.25, -0.2) is 4.98 Å². The first-order valence-electron chi connectivity index (χ1n) is 7.26. The van der Waals surface area contributed by atoms with Crippen LogP contribution in [0.3, 0.4) is 0 Å². The molecule has 0 radical (unpaired) electrons. The summed E-state index contributed by atoms with van der Waals surface area (Å²) in [7, 11) is 2.13. The van der Waals surface area contributed by atoms with Crippen molar-refractivity contribution in [3.05, 3.63) is 58.7 Å². The number of nitrogens with zero attached hydrogens (tertiary/aromatic N) is 3. The molecule has 112 valence electrons. The molecule has 0 aliphatic carbocycles. The Balaban J connectivity index is 1.79. The van der Waals surface area contributed by atoms with Gasteiger partial charge in [-0.05, 0) is 43.3 Å². The Morgan fingerprint density at radius 1 is 1.27 bits per heavy atom. The molecule has 1 N–H and O–H groups in total. The molecular formula is C17H17ClN4. The van der Waals surface area contributed by atoms with Crippen LogP contribution in [-0.2, 0) is 0 Å². The third-order valence-corrected chi connectivity index (χ3v) is 4.34. The SMILES string of the molecule is CN1CCC(Nc2ccc(C#N)cn2)C1c1ccc(Cl)cc1.